The van der Waals surface area contributed by atoms with Gasteiger partial charge in [-0.1, -0.05) is 12.1 Å². The van der Waals surface area contributed by atoms with E-state index in [9.17, 15) is 9.59 Å². The van der Waals surface area contributed by atoms with Crippen LogP contribution in [0.15, 0.2) is 29.1 Å². The van der Waals surface area contributed by atoms with Gasteiger partial charge >= 0.3 is 5.69 Å². The standard InChI is InChI=1S/C16H21N3O3/c1-11-10-22-12(2)8-18(11)15(20)9-19-14-7-5-4-6-13(14)17(3)16(19)21/h4-7,11-12H,8-10H2,1-3H3. The number of nitrogens with zero attached hydrogens (tertiary/aromatic N) is 3. The molecular formula is C16H21N3O3. The van der Waals surface area contributed by atoms with Gasteiger partial charge in [0.25, 0.3) is 0 Å². The Morgan fingerprint density at radius 3 is 2.68 bits per heavy atom. The van der Waals surface area contributed by atoms with Crippen LogP contribution in [0.2, 0.25) is 0 Å². The quantitative estimate of drug-likeness (QED) is 0.831. The van der Waals surface area contributed by atoms with Crippen molar-refractivity contribution in [2.24, 2.45) is 7.05 Å². The molecule has 0 spiro atoms. The van der Waals surface area contributed by atoms with Crippen molar-refractivity contribution in [3.8, 4) is 0 Å². The van der Waals surface area contributed by atoms with Crippen LogP contribution in [0.1, 0.15) is 13.8 Å². The Morgan fingerprint density at radius 2 is 1.95 bits per heavy atom. The lowest BCUT2D eigenvalue weighted by molar-refractivity contribution is -0.143. The van der Waals surface area contributed by atoms with Gasteiger partial charge in [0.2, 0.25) is 5.91 Å². The van der Waals surface area contributed by atoms with E-state index in [1.54, 1.807) is 16.2 Å². The van der Waals surface area contributed by atoms with Crippen LogP contribution in [0.5, 0.6) is 0 Å². The fourth-order valence-corrected chi connectivity index (χ4v) is 2.99. The molecule has 2 heterocycles. The van der Waals surface area contributed by atoms with E-state index in [1.165, 1.54) is 0 Å². The average Bonchev–Trinajstić information content (AvgIpc) is 2.75. The summed E-state index contributed by atoms with van der Waals surface area (Å²) in [4.78, 5) is 26.8. The van der Waals surface area contributed by atoms with Crippen molar-refractivity contribution >= 4 is 16.9 Å². The van der Waals surface area contributed by atoms with Crippen molar-refractivity contribution in [3.63, 3.8) is 0 Å². The Labute approximate surface area is 128 Å². The fourth-order valence-electron chi connectivity index (χ4n) is 2.99. The van der Waals surface area contributed by atoms with Gasteiger partial charge in [0, 0.05) is 13.6 Å². The number of aryl methyl sites for hydroxylation is 1. The van der Waals surface area contributed by atoms with Crippen molar-refractivity contribution in [2.75, 3.05) is 13.2 Å². The van der Waals surface area contributed by atoms with Gasteiger partial charge < -0.3 is 9.64 Å². The van der Waals surface area contributed by atoms with Crippen molar-refractivity contribution in [1.29, 1.82) is 0 Å². The Hall–Kier alpha value is -2.08. The number of aromatic nitrogens is 2. The number of fused-ring (bicyclic) bond motifs is 1. The minimum atomic E-state index is -0.163. The summed E-state index contributed by atoms with van der Waals surface area (Å²) in [6, 6.07) is 7.56. The van der Waals surface area contributed by atoms with Crippen LogP contribution in [-0.4, -0.2) is 45.2 Å². The molecule has 1 amide bonds. The second kappa shape index (κ2) is 5.61. The lowest BCUT2D eigenvalue weighted by Gasteiger charge is -2.36. The summed E-state index contributed by atoms with van der Waals surface area (Å²) >= 11 is 0. The van der Waals surface area contributed by atoms with E-state index < -0.39 is 0 Å². The second-order valence-corrected chi connectivity index (χ2v) is 5.96. The van der Waals surface area contributed by atoms with E-state index in [-0.39, 0.29) is 30.3 Å². The van der Waals surface area contributed by atoms with Crippen molar-refractivity contribution < 1.29 is 9.53 Å². The van der Waals surface area contributed by atoms with Crippen LogP contribution in [0.25, 0.3) is 11.0 Å². The van der Waals surface area contributed by atoms with Crippen LogP contribution in [0.3, 0.4) is 0 Å². The molecule has 1 aromatic carbocycles. The van der Waals surface area contributed by atoms with Crippen molar-refractivity contribution in [1.82, 2.24) is 14.0 Å². The molecule has 2 atom stereocenters. The van der Waals surface area contributed by atoms with E-state index in [0.29, 0.717) is 13.2 Å². The molecule has 0 N–H and O–H groups in total. The molecule has 22 heavy (non-hydrogen) atoms. The minimum absolute atomic E-state index is 0.0318. The zero-order valence-corrected chi connectivity index (χ0v) is 13.2. The molecule has 2 aromatic rings. The Bertz CT molecular complexity index is 762. The normalized spacial score (nSPS) is 22.2. The number of ether oxygens (including phenoxy) is 1. The van der Waals surface area contributed by atoms with Gasteiger partial charge in [0.05, 0.1) is 29.8 Å². The van der Waals surface area contributed by atoms with Crippen LogP contribution >= 0.6 is 0 Å². The number of morpholine rings is 1. The first kappa shape index (κ1) is 14.8. The van der Waals surface area contributed by atoms with Gasteiger partial charge in [-0.15, -0.1) is 0 Å². The van der Waals surface area contributed by atoms with Gasteiger partial charge in [0.1, 0.15) is 6.54 Å². The summed E-state index contributed by atoms with van der Waals surface area (Å²) in [6.45, 7) is 5.10. The molecule has 1 saturated heterocycles. The van der Waals surface area contributed by atoms with E-state index in [0.717, 1.165) is 11.0 Å². The second-order valence-electron chi connectivity index (χ2n) is 5.96. The number of benzene rings is 1. The molecule has 3 rings (SSSR count). The number of hydrogen-bond acceptors (Lipinski definition) is 3. The maximum Gasteiger partial charge on any atom is 0.329 e. The van der Waals surface area contributed by atoms with E-state index in [1.807, 2.05) is 43.0 Å². The fraction of sp³-hybridized carbons (Fsp3) is 0.500. The predicted octanol–water partition coefficient (Wildman–Crippen LogP) is 0.976. The van der Waals surface area contributed by atoms with Crippen molar-refractivity contribution in [2.45, 2.75) is 32.5 Å². The molecule has 2 unspecified atom stereocenters. The maximum absolute atomic E-state index is 12.6. The van der Waals surface area contributed by atoms with Gasteiger partial charge in [-0.25, -0.2) is 4.79 Å². The highest BCUT2D eigenvalue weighted by Gasteiger charge is 2.28. The Kier molecular flexibility index (Phi) is 3.78. The summed E-state index contributed by atoms with van der Waals surface area (Å²) in [6.07, 6.45) is 0.0318. The molecule has 1 fully saturated rings. The van der Waals surface area contributed by atoms with Crippen molar-refractivity contribution in [3.05, 3.63) is 34.7 Å². The topological polar surface area (TPSA) is 56.5 Å². The number of carbonyl (C=O) groups excluding carboxylic acids is 1. The van der Waals surface area contributed by atoms with E-state index in [4.69, 9.17) is 4.74 Å². The summed E-state index contributed by atoms with van der Waals surface area (Å²) in [7, 11) is 1.73. The monoisotopic (exact) mass is 303 g/mol. The lowest BCUT2D eigenvalue weighted by Crippen LogP contribution is -2.51. The Balaban J connectivity index is 1.91. The van der Waals surface area contributed by atoms with Gasteiger partial charge in [-0.05, 0) is 26.0 Å². The van der Waals surface area contributed by atoms with Crippen LogP contribution in [-0.2, 0) is 23.1 Å². The summed E-state index contributed by atoms with van der Waals surface area (Å²) in [5.41, 5.74) is 1.46. The number of carbonyl (C=O) groups is 1. The van der Waals surface area contributed by atoms with Gasteiger partial charge in [-0.2, -0.15) is 0 Å². The number of amides is 1. The molecule has 0 radical (unpaired) electrons. The molecule has 6 nitrogen and oxygen atoms in total. The number of imidazole rings is 1. The molecule has 6 heteroatoms. The molecular weight excluding hydrogens is 282 g/mol. The third-order valence-corrected chi connectivity index (χ3v) is 4.27. The summed E-state index contributed by atoms with van der Waals surface area (Å²) in [5, 5.41) is 0. The first-order chi connectivity index (χ1) is 10.5. The molecule has 1 aliphatic heterocycles. The first-order valence-corrected chi connectivity index (χ1v) is 7.54. The highest BCUT2D eigenvalue weighted by Crippen LogP contribution is 2.15. The highest BCUT2D eigenvalue weighted by molar-refractivity contribution is 5.81. The van der Waals surface area contributed by atoms with Crippen LogP contribution in [0, 0.1) is 0 Å². The third-order valence-electron chi connectivity index (χ3n) is 4.27. The van der Waals surface area contributed by atoms with Gasteiger partial charge in [-0.3, -0.25) is 13.9 Å². The molecule has 1 aliphatic rings. The zero-order chi connectivity index (χ0) is 15.9. The first-order valence-electron chi connectivity index (χ1n) is 7.54. The van der Waals surface area contributed by atoms with Crippen LogP contribution in [0.4, 0.5) is 0 Å². The largest absolute Gasteiger partial charge is 0.375 e. The molecule has 0 bridgehead atoms. The maximum atomic E-state index is 12.6. The van der Waals surface area contributed by atoms with E-state index in [2.05, 4.69) is 0 Å². The lowest BCUT2D eigenvalue weighted by atomic mass is 10.2. The van der Waals surface area contributed by atoms with E-state index >= 15 is 0 Å². The van der Waals surface area contributed by atoms with Crippen LogP contribution < -0.4 is 5.69 Å². The number of hydrogen-bond donors (Lipinski definition) is 0. The highest BCUT2D eigenvalue weighted by atomic mass is 16.5. The SMILES string of the molecule is CC1CN(C(=O)Cn2c(=O)n(C)c3ccccc32)C(C)CO1. The number of para-hydroxylation sites is 2. The third kappa shape index (κ3) is 2.43. The molecule has 0 saturated carbocycles. The summed E-state index contributed by atoms with van der Waals surface area (Å²) < 4.78 is 8.68. The number of rotatable bonds is 2. The summed E-state index contributed by atoms with van der Waals surface area (Å²) in [5.74, 6) is -0.0406. The molecule has 1 aromatic heterocycles. The predicted molar refractivity (Wildman–Crippen MR) is 83.8 cm³/mol. The Morgan fingerprint density at radius 1 is 1.27 bits per heavy atom. The molecule has 118 valence electrons. The zero-order valence-electron chi connectivity index (χ0n) is 13.2. The minimum Gasteiger partial charge on any atom is -0.375 e. The van der Waals surface area contributed by atoms with Gasteiger partial charge in [0.15, 0.2) is 0 Å². The smallest absolute Gasteiger partial charge is 0.329 e. The average molecular weight is 303 g/mol. The molecule has 0 aliphatic carbocycles.